The van der Waals surface area contributed by atoms with Crippen molar-refractivity contribution < 1.29 is 14.1 Å². The average Bonchev–Trinajstić information content (AvgIpc) is 3.37. The number of carbonyl (C=O) groups excluding carboxylic acids is 1. The summed E-state index contributed by atoms with van der Waals surface area (Å²) in [5.41, 5.74) is 5.37. The largest absolute Gasteiger partial charge is 0.378 e. The Bertz CT molecular complexity index is 690. The van der Waals surface area contributed by atoms with Crippen molar-refractivity contribution >= 4 is 18.3 Å². The Morgan fingerprint density at radius 1 is 1.33 bits per heavy atom. The van der Waals surface area contributed by atoms with E-state index in [1.165, 1.54) is 0 Å². The van der Waals surface area contributed by atoms with Crippen molar-refractivity contribution in [3.05, 3.63) is 11.7 Å². The van der Waals surface area contributed by atoms with Crippen molar-refractivity contribution in [3.63, 3.8) is 0 Å². The third-order valence-electron chi connectivity index (χ3n) is 6.67. The highest BCUT2D eigenvalue weighted by Crippen LogP contribution is 2.51. The topological polar surface area (TPSA) is 94.5 Å². The minimum Gasteiger partial charge on any atom is -0.378 e. The number of nitrogens with two attached hydrogens (primary N) is 1. The molecule has 1 saturated heterocycles. The van der Waals surface area contributed by atoms with Gasteiger partial charge >= 0.3 is 0 Å². The Balaban J connectivity index is 0.00000210. The number of halogens is 1. The summed E-state index contributed by atoms with van der Waals surface area (Å²) in [4.78, 5) is 19.7. The fourth-order valence-electron chi connectivity index (χ4n) is 4.36. The zero-order valence-corrected chi connectivity index (χ0v) is 17.3. The third-order valence-corrected chi connectivity index (χ3v) is 6.67. The van der Waals surface area contributed by atoms with Crippen LogP contribution in [0.4, 0.5) is 0 Å². The Labute approximate surface area is 166 Å². The molecule has 0 aromatic carbocycles. The molecule has 1 aromatic rings. The number of piperidine rings is 1. The van der Waals surface area contributed by atoms with Gasteiger partial charge < -0.3 is 19.9 Å². The molecule has 3 fully saturated rings. The van der Waals surface area contributed by atoms with Crippen LogP contribution >= 0.6 is 12.4 Å². The van der Waals surface area contributed by atoms with Crippen molar-refractivity contribution in [1.82, 2.24) is 15.0 Å². The zero-order chi connectivity index (χ0) is 18.5. The first kappa shape index (κ1) is 20.6. The van der Waals surface area contributed by atoms with Crippen molar-refractivity contribution in [1.29, 1.82) is 0 Å². The van der Waals surface area contributed by atoms with Gasteiger partial charge in [-0.25, -0.2) is 0 Å². The maximum absolute atomic E-state index is 13.2. The van der Waals surface area contributed by atoms with Crippen molar-refractivity contribution in [2.24, 2.45) is 11.1 Å². The van der Waals surface area contributed by atoms with Gasteiger partial charge in [-0.1, -0.05) is 19.0 Å². The lowest BCUT2D eigenvalue weighted by atomic mass is 9.54. The quantitative estimate of drug-likeness (QED) is 0.819. The second-order valence-corrected chi connectivity index (χ2v) is 8.70. The predicted molar refractivity (Wildman–Crippen MR) is 103 cm³/mol. The summed E-state index contributed by atoms with van der Waals surface area (Å²) in [7, 11) is 0. The molecule has 2 saturated carbocycles. The molecule has 1 aromatic heterocycles. The SMILES string of the molecule is CCOC1CC(N)(C(=O)N2CCCC(c3noc(C4CC4)n3)C2)C1(C)C.Cl. The van der Waals surface area contributed by atoms with Gasteiger partial charge in [0, 0.05) is 43.4 Å². The highest BCUT2D eigenvalue weighted by atomic mass is 35.5. The molecule has 2 N–H and O–H groups in total. The average molecular weight is 399 g/mol. The first-order valence-electron chi connectivity index (χ1n) is 9.90. The predicted octanol–water partition coefficient (Wildman–Crippen LogP) is 2.61. The standard InChI is InChI=1S/C19H30N4O3.ClH/c1-4-25-14-10-19(20,18(14,2)3)17(24)23-9-5-6-13(11-23)15-21-16(26-22-15)12-7-8-12;/h12-14H,4-11,20H2,1-3H3;1H. The van der Waals surface area contributed by atoms with E-state index in [2.05, 4.69) is 10.1 Å². The number of aromatic nitrogens is 2. The molecule has 152 valence electrons. The summed E-state index contributed by atoms with van der Waals surface area (Å²) in [6, 6.07) is 0. The van der Waals surface area contributed by atoms with E-state index in [4.69, 9.17) is 15.0 Å². The zero-order valence-electron chi connectivity index (χ0n) is 16.4. The molecule has 3 atom stereocenters. The van der Waals surface area contributed by atoms with Crippen LogP contribution in [-0.4, -0.2) is 52.3 Å². The summed E-state index contributed by atoms with van der Waals surface area (Å²) in [6.45, 7) is 8.07. The molecular weight excluding hydrogens is 368 g/mol. The van der Waals surface area contributed by atoms with Crippen LogP contribution in [0.5, 0.6) is 0 Å². The number of amides is 1. The molecule has 1 amide bonds. The Kier molecular flexibility index (Phi) is 5.58. The summed E-state index contributed by atoms with van der Waals surface area (Å²) in [6.07, 6.45) is 4.83. The van der Waals surface area contributed by atoms with Crippen LogP contribution in [0.1, 0.15) is 76.4 Å². The number of ether oxygens (including phenoxy) is 1. The van der Waals surface area contributed by atoms with Crippen molar-refractivity contribution in [3.8, 4) is 0 Å². The first-order chi connectivity index (χ1) is 12.4. The molecular formula is C19H31ClN4O3. The number of hydrogen-bond donors (Lipinski definition) is 1. The van der Waals surface area contributed by atoms with Crippen molar-refractivity contribution in [2.75, 3.05) is 19.7 Å². The van der Waals surface area contributed by atoms with E-state index < -0.39 is 5.54 Å². The van der Waals surface area contributed by atoms with Crippen LogP contribution in [0, 0.1) is 5.41 Å². The molecule has 3 aliphatic rings. The second-order valence-electron chi connectivity index (χ2n) is 8.70. The molecule has 8 heteroatoms. The Morgan fingerprint density at radius 3 is 2.70 bits per heavy atom. The highest BCUT2D eigenvalue weighted by Gasteiger charge is 2.63. The van der Waals surface area contributed by atoms with Gasteiger partial charge in [-0.2, -0.15) is 4.98 Å². The molecule has 0 bridgehead atoms. The number of rotatable bonds is 5. The fraction of sp³-hybridized carbons (Fsp3) is 0.842. The van der Waals surface area contributed by atoms with E-state index >= 15 is 0 Å². The van der Waals surface area contributed by atoms with Crippen LogP contribution in [0.2, 0.25) is 0 Å². The van der Waals surface area contributed by atoms with Crippen LogP contribution in [0.15, 0.2) is 4.52 Å². The molecule has 3 unspecified atom stereocenters. The molecule has 2 heterocycles. The molecule has 7 nitrogen and oxygen atoms in total. The van der Waals surface area contributed by atoms with Crippen LogP contribution in [-0.2, 0) is 9.53 Å². The van der Waals surface area contributed by atoms with Gasteiger partial charge in [0.25, 0.3) is 0 Å². The van der Waals surface area contributed by atoms with Gasteiger partial charge in [0.15, 0.2) is 5.82 Å². The van der Waals surface area contributed by atoms with E-state index in [1.807, 2.05) is 25.7 Å². The summed E-state index contributed by atoms with van der Waals surface area (Å²) in [5.74, 6) is 2.14. The van der Waals surface area contributed by atoms with Gasteiger partial charge in [0.1, 0.15) is 5.54 Å². The lowest BCUT2D eigenvalue weighted by Crippen LogP contribution is -2.76. The number of hydrogen-bond acceptors (Lipinski definition) is 6. The lowest BCUT2D eigenvalue weighted by Gasteiger charge is -2.59. The summed E-state index contributed by atoms with van der Waals surface area (Å²) >= 11 is 0. The van der Waals surface area contributed by atoms with Crippen LogP contribution < -0.4 is 5.73 Å². The molecule has 0 radical (unpaired) electrons. The van der Waals surface area contributed by atoms with Gasteiger partial charge in [0.2, 0.25) is 11.8 Å². The molecule has 4 rings (SSSR count). The van der Waals surface area contributed by atoms with E-state index in [1.54, 1.807) is 0 Å². The second kappa shape index (κ2) is 7.33. The van der Waals surface area contributed by atoms with Crippen LogP contribution in [0.25, 0.3) is 0 Å². The minimum absolute atomic E-state index is 0. The fourth-order valence-corrected chi connectivity index (χ4v) is 4.36. The first-order valence-corrected chi connectivity index (χ1v) is 9.90. The van der Waals surface area contributed by atoms with E-state index in [-0.39, 0.29) is 35.8 Å². The smallest absolute Gasteiger partial charge is 0.243 e. The van der Waals surface area contributed by atoms with E-state index in [0.717, 1.165) is 43.9 Å². The van der Waals surface area contributed by atoms with E-state index in [0.29, 0.717) is 25.5 Å². The van der Waals surface area contributed by atoms with Gasteiger partial charge in [-0.3, -0.25) is 4.79 Å². The van der Waals surface area contributed by atoms with Gasteiger partial charge in [-0.05, 0) is 32.6 Å². The number of nitrogens with zero attached hydrogens (tertiary/aromatic N) is 3. The molecule has 1 aliphatic heterocycles. The molecule has 0 spiro atoms. The third kappa shape index (κ3) is 3.38. The molecule has 27 heavy (non-hydrogen) atoms. The molecule has 2 aliphatic carbocycles. The summed E-state index contributed by atoms with van der Waals surface area (Å²) < 4.78 is 11.2. The number of likely N-dealkylation sites (tertiary alicyclic amines) is 1. The maximum atomic E-state index is 13.2. The Hall–Kier alpha value is -1.18. The minimum atomic E-state index is -0.856. The lowest BCUT2D eigenvalue weighted by molar-refractivity contribution is -0.180. The maximum Gasteiger partial charge on any atom is 0.243 e. The monoisotopic (exact) mass is 398 g/mol. The normalized spacial score (nSPS) is 32.5. The summed E-state index contributed by atoms with van der Waals surface area (Å²) in [5, 5.41) is 4.18. The van der Waals surface area contributed by atoms with Crippen molar-refractivity contribution in [2.45, 2.75) is 76.4 Å². The highest BCUT2D eigenvalue weighted by molar-refractivity contribution is 5.89. The van der Waals surface area contributed by atoms with Gasteiger partial charge in [0.05, 0.1) is 6.10 Å². The number of carbonyl (C=O) groups is 1. The van der Waals surface area contributed by atoms with Crippen LogP contribution in [0.3, 0.4) is 0 Å². The van der Waals surface area contributed by atoms with Gasteiger partial charge in [-0.15, -0.1) is 12.4 Å². The Morgan fingerprint density at radius 2 is 2.07 bits per heavy atom. The van der Waals surface area contributed by atoms with E-state index in [9.17, 15) is 4.79 Å².